The highest BCUT2D eigenvalue weighted by Gasteiger charge is 2.18. The van der Waals surface area contributed by atoms with E-state index < -0.39 is 0 Å². The molecule has 4 nitrogen and oxygen atoms in total. The van der Waals surface area contributed by atoms with Crippen molar-refractivity contribution in [1.29, 1.82) is 0 Å². The third kappa shape index (κ3) is 1.58. The molecule has 0 amide bonds. The summed E-state index contributed by atoms with van der Waals surface area (Å²) < 4.78 is 5.27. The summed E-state index contributed by atoms with van der Waals surface area (Å²) in [7, 11) is 0. The van der Waals surface area contributed by atoms with Crippen LogP contribution in [0.5, 0.6) is 5.75 Å². The van der Waals surface area contributed by atoms with Crippen molar-refractivity contribution in [3.05, 3.63) is 17.3 Å². The van der Waals surface area contributed by atoms with Gasteiger partial charge < -0.3 is 14.8 Å². The summed E-state index contributed by atoms with van der Waals surface area (Å²) in [6, 6.07) is 1.35. The Hall–Kier alpha value is -1.29. The first-order valence-corrected chi connectivity index (χ1v) is 4.17. The van der Waals surface area contributed by atoms with Gasteiger partial charge in [-0.05, 0) is 0 Å². The van der Waals surface area contributed by atoms with Crippen molar-refractivity contribution in [2.75, 3.05) is 11.9 Å². The second kappa shape index (κ2) is 3.22. The molecule has 1 aromatic rings. The SMILES string of the molecule is O=CC1COc2cc(Cl)cnc2N1. The molecule has 1 N–H and O–H groups in total. The summed E-state index contributed by atoms with van der Waals surface area (Å²) in [6.07, 6.45) is 2.29. The first-order chi connectivity index (χ1) is 6.29. The first kappa shape index (κ1) is 8.31. The van der Waals surface area contributed by atoms with Gasteiger partial charge in [0.05, 0.1) is 5.02 Å². The average Bonchev–Trinajstić information content (AvgIpc) is 2.17. The standard InChI is InChI=1S/C8H7ClN2O2/c9-5-1-7-8(10-2-5)11-6(3-12)4-13-7/h1-3,6H,4H2,(H,10,11). The van der Waals surface area contributed by atoms with E-state index >= 15 is 0 Å². The number of rotatable bonds is 1. The number of hydrogen-bond acceptors (Lipinski definition) is 4. The Morgan fingerprint density at radius 1 is 1.77 bits per heavy atom. The number of pyridine rings is 1. The third-order valence-electron chi connectivity index (χ3n) is 1.72. The largest absolute Gasteiger partial charge is 0.487 e. The van der Waals surface area contributed by atoms with Crippen LogP contribution >= 0.6 is 11.6 Å². The summed E-state index contributed by atoms with van der Waals surface area (Å²) in [5.74, 6) is 1.15. The number of nitrogens with zero attached hydrogens (tertiary/aromatic N) is 1. The normalized spacial score (nSPS) is 19.6. The molecule has 1 unspecified atom stereocenters. The van der Waals surface area contributed by atoms with Gasteiger partial charge in [-0.1, -0.05) is 11.6 Å². The van der Waals surface area contributed by atoms with E-state index in [1.54, 1.807) is 6.07 Å². The Morgan fingerprint density at radius 3 is 3.38 bits per heavy atom. The second-order valence-electron chi connectivity index (χ2n) is 2.70. The van der Waals surface area contributed by atoms with Crippen LogP contribution in [-0.4, -0.2) is 23.9 Å². The molecule has 13 heavy (non-hydrogen) atoms. The van der Waals surface area contributed by atoms with Crippen LogP contribution in [0, 0.1) is 0 Å². The van der Waals surface area contributed by atoms with Crippen molar-refractivity contribution < 1.29 is 9.53 Å². The molecule has 0 saturated carbocycles. The van der Waals surface area contributed by atoms with Gasteiger partial charge in [-0.2, -0.15) is 0 Å². The van der Waals surface area contributed by atoms with Crippen molar-refractivity contribution in [3.8, 4) is 5.75 Å². The lowest BCUT2D eigenvalue weighted by Gasteiger charge is -2.22. The van der Waals surface area contributed by atoms with Crippen molar-refractivity contribution in [1.82, 2.24) is 4.98 Å². The van der Waals surface area contributed by atoms with Gasteiger partial charge in [-0.15, -0.1) is 0 Å². The van der Waals surface area contributed by atoms with Crippen LogP contribution in [0.1, 0.15) is 0 Å². The maximum atomic E-state index is 10.4. The summed E-state index contributed by atoms with van der Waals surface area (Å²) in [5.41, 5.74) is 0. The van der Waals surface area contributed by atoms with E-state index in [1.165, 1.54) is 6.20 Å². The molecule has 0 bridgehead atoms. The highest BCUT2D eigenvalue weighted by molar-refractivity contribution is 6.30. The fourth-order valence-electron chi connectivity index (χ4n) is 1.11. The molecule has 0 fully saturated rings. The number of hydrogen-bond donors (Lipinski definition) is 1. The molecule has 2 heterocycles. The zero-order chi connectivity index (χ0) is 9.26. The van der Waals surface area contributed by atoms with E-state index in [9.17, 15) is 4.79 Å². The zero-order valence-corrected chi connectivity index (χ0v) is 7.41. The van der Waals surface area contributed by atoms with Gasteiger partial charge in [0.2, 0.25) is 0 Å². The molecule has 0 aromatic carbocycles. The van der Waals surface area contributed by atoms with E-state index in [4.69, 9.17) is 16.3 Å². The number of halogens is 1. The minimum atomic E-state index is -0.318. The van der Waals surface area contributed by atoms with Crippen LogP contribution in [0.15, 0.2) is 12.3 Å². The average molecular weight is 199 g/mol. The fraction of sp³-hybridized carbons (Fsp3) is 0.250. The van der Waals surface area contributed by atoms with Crippen LogP contribution in [-0.2, 0) is 4.79 Å². The number of carbonyl (C=O) groups is 1. The van der Waals surface area contributed by atoms with Crippen molar-refractivity contribution in [3.63, 3.8) is 0 Å². The zero-order valence-electron chi connectivity index (χ0n) is 6.66. The van der Waals surface area contributed by atoms with Crippen molar-refractivity contribution in [2.24, 2.45) is 0 Å². The van der Waals surface area contributed by atoms with E-state index in [-0.39, 0.29) is 6.04 Å². The minimum Gasteiger partial charge on any atom is -0.487 e. The first-order valence-electron chi connectivity index (χ1n) is 3.80. The van der Waals surface area contributed by atoms with Gasteiger partial charge in [0, 0.05) is 12.3 Å². The number of fused-ring (bicyclic) bond motifs is 1. The lowest BCUT2D eigenvalue weighted by atomic mass is 10.3. The van der Waals surface area contributed by atoms with Crippen LogP contribution < -0.4 is 10.1 Å². The Balaban J connectivity index is 2.31. The lowest BCUT2D eigenvalue weighted by molar-refractivity contribution is -0.109. The summed E-state index contributed by atoms with van der Waals surface area (Å²) in [5, 5.41) is 3.43. The Morgan fingerprint density at radius 2 is 2.62 bits per heavy atom. The van der Waals surface area contributed by atoms with Crippen LogP contribution in [0.25, 0.3) is 0 Å². The van der Waals surface area contributed by atoms with E-state index in [2.05, 4.69) is 10.3 Å². The molecular formula is C8H7ClN2O2. The number of ether oxygens (including phenoxy) is 1. The van der Waals surface area contributed by atoms with Gasteiger partial charge in [-0.3, -0.25) is 0 Å². The van der Waals surface area contributed by atoms with Gasteiger partial charge in [0.1, 0.15) is 18.9 Å². The van der Waals surface area contributed by atoms with E-state index in [0.29, 0.717) is 23.2 Å². The molecule has 5 heteroatoms. The molecule has 1 aliphatic rings. The molecule has 2 rings (SSSR count). The topological polar surface area (TPSA) is 51.2 Å². The van der Waals surface area contributed by atoms with Crippen molar-refractivity contribution >= 4 is 23.7 Å². The van der Waals surface area contributed by atoms with Gasteiger partial charge in [-0.25, -0.2) is 4.98 Å². The molecule has 0 saturated heterocycles. The van der Waals surface area contributed by atoms with E-state index in [0.717, 1.165) is 6.29 Å². The minimum absolute atomic E-state index is 0.318. The molecular weight excluding hydrogens is 192 g/mol. The molecule has 1 aromatic heterocycles. The van der Waals surface area contributed by atoms with Crippen LogP contribution in [0.3, 0.4) is 0 Å². The maximum Gasteiger partial charge on any atom is 0.169 e. The van der Waals surface area contributed by atoms with Gasteiger partial charge in [0.25, 0.3) is 0 Å². The smallest absolute Gasteiger partial charge is 0.169 e. The van der Waals surface area contributed by atoms with Crippen LogP contribution in [0.2, 0.25) is 5.02 Å². The van der Waals surface area contributed by atoms with Gasteiger partial charge >= 0.3 is 0 Å². The summed E-state index contributed by atoms with van der Waals surface area (Å²) in [6.45, 7) is 0.318. The molecule has 0 spiro atoms. The highest BCUT2D eigenvalue weighted by atomic mass is 35.5. The Labute approximate surface area is 79.9 Å². The number of aromatic nitrogens is 1. The lowest BCUT2D eigenvalue weighted by Crippen LogP contribution is -2.33. The van der Waals surface area contributed by atoms with E-state index in [1.807, 2.05) is 0 Å². The number of anilines is 1. The highest BCUT2D eigenvalue weighted by Crippen LogP contribution is 2.28. The molecule has 1 atom stereocenters. The van der Waals surface area contributed by atoms with Gasteiger partial charge in [0.15, 0.2) is 11.6 Å². The molecule has 68 valence electrons. The maximum absolute atomic E-state index is 10.4. The summed E-state index contributed by atoms with van der Waals surface area (Å²) in [4.78, 5) is 14.4. The second-order valence-corrected chi connectivity index (χ2v) is 3.13. The Kier molecular flexibility index (Phi) is 2.06. The van der Waals surface area contributed by atoms with Crippen LogP contribution in [0.4, 0.5) is 5.82 Å². The quantitative estimate of drug-likeness (QED) is 0.687. The number of nitrogens with one attached hydrogen (secondary N) is 1. The summed E-state index contributed by atoms with van der Waals surface area (Å²) >= 11 is 5.71. The molecule has 1 aliphatic heterocycles. The predicted octanol–water partition coefficient (Wildman–Crippen LogP) is 1.11. The predicted molar refractivity (Wildman–Crippen MR) is 48.2 cm³/mol. The Bertz CT molecular complexity index is 343. The molecule has 0 aliphatic carbocycles. The number of carbonyl (C=O) groups excluding carboxylic acids is 1. The molecule has 0 radical (unpaired) electrons. The fourth-order valence-corrected chi connectivity index (χ4v) is 1.26. The van der Waals surface area contributed by atoms with Crippen molar-refractivity contribution in [2.45, 2.75) is 6.04 Å². The monoisotopic (exact) mass is 198 g/mol. The third-order valence-corrected chi connectivity index (χ3v) is 1.93. The number of aldehydes is 1.